The van der Waals surface area contributed by atoms with Crippen molar-refractivity contribution < 1.29 is 9.94 Å². The van der Waals surface area contributed by atoms with Gasteiger partial charge in [0.05, 0.1) is 18.4 Å². The maximum Gasteiger partial charge on any atom is 0.0868 e. The summed E-state index contributed by atoms with van der Waals surface area (Å²) in [5, 5.41) is 12.2. The SMILES string of the molecule is O/N=C(/CCC1CO1)c1ccccc1. The van der Waals surface area contributed by atoms with Crippen molar-refractivity contribution in [1.29, 1.82) is 0 Å². The molecule has 1 atom stereocenters. The van der Waals surface area contributed by atoms with E-state index in [1.165, 1.54) is 0 Å². The van der Waals surface area contributed by atoms with Crippen LogP contribution in [0.15, 0.2) is 35.5 Å². The summed E-state index contributed by atoms with van der Waals surface area (Å²) in [6.45, 7) is 0.855. The van der Waals surface area contributed by atoms with Crippen LogP contribution in [0.2, 0.25) is 0 Å². The van der Waals surface area contributed by atoms with Gasteiger partial charge in [-0.25, -0.2) is 0 Å². The van der Waals surface area contributed by atoms with E-state index in [0.717, 1.165) is 30.7 Å². The highest BCUT2D eigenvalue weighted by molar-refractivity contribution is 6.00. The summed E-state index contributed by atoms with van der Waals surface area (Å²) < 4.78 is 5.10. The molecule has 3 heteroatoms. The van der Waals surface area contributed by atoms with Crippen molar-refractivity contribution in [1.82, 2.24) is 0 Å². The van der Waals surface area contributed by atoms with Gasteiger partial charge in [-0.3, -0.25) is 0 Å². The van der Waals surface area contributed by atoms with E-state index >= 15 is 0 Å². The molecule has 0 amide bonds. The molecule has 1 aromatic rings. The van der Waals surface area contributed by atoms with Crippen LogP contribution in [-0.2, 0) is 4.74 Å². The molecule has 1 aliphatic heterocycles. The van der Waals surface area contributed by atoms with Crippen molar-refractivity contribution >= 4 is 5.71 Å². The molecular weight excluding hydrogens is 178 g/mol. The van der Waals surface area contributed by atoms with Crippen LogP contribution in [0.3, 0.4) is 0 Å². The standard InChI is InChI=1S/C11H13NO2/c13-12-11(7-6-10-8-14-10)9-4-2-1-3-5-9/h1-5,10,13H,6-8H2/b12-11-. The Bertz CT molecular complexity index is 317. The summed E-state index contributed by atoms with van der Waals surface area (Å²) in [4.78, 5) is 0. The van der Waals surface area contributed by atoms with Gasteiger partial charge in [-0.15, -0.1) is 0 Å². The normalized spacial score (nSPS) is 20.9. The Morgan fingerprint density at radius 1 is 1.43 bits per heavy atom. The maximum absolute atomic E-state index is 8.86. The molecule has 0 saturated carbocycles. The molecule has 0 aliphatic carbocycles. The number of hydrogen-bond acceptors (Lipinski definition) is 3. The van der Waals surface area contributed by atoms with Crippen molar-refractivity contribution in [2.24, 2.45) is 5.16 Å². The molecule has 2 rings (SSSR count). The molecule has 1 N–H and O–H groups in total. The van der Waals surface area contributed by atoms with Crippen molar-refractivity contribution in [2.75, 3.05) is 6.61 Å². The lowest BCUT2D eigenvalue weighted by Crippen LogP contribution is -2.02. The zero-order valence-corrected chi connectivity index (χ0v) is 7.89. The number of ether oxygens (including phenoxy) is 1. The minimum atomic E-state index is 0.385. The minimum absolute atomic E-state index is 0.385. The van der Waals surface area contributed by atoms with E-state index in [1.54, 1.807) is 0 Å². The number of benzene rings is 1. The lowest BCUT2D eigenvalue weighted by Gasteiger charge is -2.02. The molecule has 1 saturated heterocycles. The van der Waals surface area contributed by atoms with Crippen LogP contribution in [0.25, 0.3) is 0 Å². The Hall–Kier alpha value is -1.35. The molecule has 1 unspecified atom stereocenters. The summed E-state index contributed by atoms with van der Waals surface area (Å²) in [5.74, 6) is 0. The fraction of sp³-hybridized carbons (Fsp3) is 0.364. The third-order valence-electron chi connectivity index (χ3n) is 2.33. The summed E-state index contributed by atoms with van der Waals surface area (Å²) in [5.41, 5.74) is 1.72. The highest BCUT2D eigenvalue weighted by atomic mass is 16.6. The van der Waals surface area contributed by atoms with Crippen LogP contribution in [0.1, 0.15) is 18.4 Å². The maximum atomic E-state index is 8.86. The number of nitrogens with zero attached hydrogens (tertiary/aromatic N) is 1. The van der Waals surface area contributed by atoms with Gasteiger partial charge in [0.2, 0.25) is 0 Å². The van der Waals surface area contributed by atoms with Gasteiger partial charge in [-0.05, 0) is 18.4 Å². The first-order chi connectivity index (χ1) is 6.90. The molecule has 14 heavy (non-hydrogen) atoms. The lowest BCUT2D eigenvalue weighted by atomic mass is 10.1. The van der Waals surface area contributed by atoms with Crippen molar-refractivity contribution in [3.8, 4) is 0 Å². The van der Waals surface area contributed by atoms with E-state index in [2.05, 4.69) is 5.16 Å². The quantitative estimate of drug-likeness (QED) is 0.342. The molecular formula is C11H13NO2. The minimum Gasteiger partial charge on any atom is -0.411 e. The Morgan fingerprint density at radius 3 is 2.71 bits per heavy atom. The van der Waals surface area contributed by atoms with Crippen LogP contribution < -0.4 is 0 Å². The highest BCUT2D eigenvalue weighted by Crippen LogP contribution is 2.17. The van der Waals surface area contributed by atoms with Crippen LogP contribution in [-0.4, -0.2) is 23.6 Å². The van der Waals surface area contributed by atoms with Gasteiger partial charge >= 0.3 is 0 Å². The first kappa shape index (κ1) is 9.21. The topological polar surface area (TPSA) is 45.1 Å². The van der Waals surface area contributed by atoms with Crippen LogP contribution in [0.4, 0.5) is 0 Å². The zero-order valence-electron chi connectivity index (χ0n) is 7.89. The molecule has 3 nitrogen and oxygen atoms in total. The van der Waals surface area contributed by atoms with Crippen molar-refractivity contribution in [2.45, 2.75) is 18.9 Å². The second kappa shape index (κ2) is 4.24. The molecule has 0 spiro atoms. The predicted octanol–water partition coefficient (Wildman–Crippen LogP) is 2.04. The lowest BCUT2D eigenvalue weighted by molar-refractivity contribution is 0.317. The number of epoxide rings is 1. The van der Waals surface area contributed by atoms with E-state index in [1.807, 2.05) is 30.3 Å². The third-order valence-corrected chi connectivity index (χ3v) is 2.33. The summed E-state index contributed by atoms with van der Waals surface area (Å²) in [6, 6.07) is 9.72. The van der Waals surface area contributed by atoms with Crippen LogP contribution >= 0.6 is 0 Å². The fourth-order valence-electron chi connectivity index (χ4n) is 1.42. The zero-order chi connectivity index (χ0) is 9.80. The Morgan fingerprint density at radius 2 is 2.14 bits per heavy atom. The van der Waals surface area contributed by atoms with E-state index in [4.69, 9.17) is 9.94 Å². The molecule has 0 bridgehead atoms. The second-order valence-electron chi connectivity index (χ2n) is 3.41. The van der Waals surface area contributed by atoms with E-state index in [-0.39, 0.29) is 0 Å². The summed E-state index contributed by atoms with van der Waals surface area (Å²) >= 11 is 0. The highest BCUT2D eigenvalue weighted by Gasteiger charge is 2.22. The van der Waals surface area contributed by atoms with Gasteiger partial charge in [0.25, 0.3) is 0 Å². The fourth-order valence-corrected chi connectivity index (χ4v) is 1.42. The summed E-state index contributed by atoms with van der Waals surface area (Å²) in [7, 11) is 0. The van der Waals surface area contributed by atoms with Crippen molar-refractivity contribution in [3.63, 3.8) is 0 Å². The Kier molecular flexibility index (Phi) is 2.79. The molecule has 0 aromatic heterocycles. The average Bonchev–Trinajstić information content (AvgIpc) is 3.04. The van der Waals surface area contributed by atoms with Crippen LogP contribution in [0.5, 0.6) is 0 Å². The van der Waals surface area contributed by atoms with Gasteiger partial charge in [-0.1, -0.05) is 35.5 Å². The molecule has 1 aromatic carbocycles. The number of rotatable bonds is 4. The monoisotopic (exact) mass is 191 g/mol. The predicted molar refractivity (Wildman–Crippen MR) is 53.7 cm³/mol. The molecule has 1 aliphatic rings. The summed E-state index contributed by atoms with van der Waals surface area (Å²) in [6.07, 6.45) is 2.09. The molecule has 0 radical (unpaired) electrons. The molecule has 1 heterocycles. The van der Waals surface area contributed by atoms with Gasteiger partial charge in [0.1, 0.15) is 0 Å². The number of hydrogen-bond donors (Lipinski definition) is 1. The van der Waals surface area contributed by atoms with Gasteiger partial charge in [0.15, 0.2) is 0 Å². The second-order valence-corrected chi connectivity index (χ2v) is 3.41. The van der Waals surface area contributed by atoms with E-state index in [0.29, 0.717) is 6.10 Å². The van der Waals surface area contributed by atoms with Gasteiger partial charge < -0.3 is 9.94 Å². The molecule has 74 valence electrons. The first-order valence-electron chi connectivity index (χ1n) is 4.78. The van der Waals surface area contributed by atoms with E-state index < -0.39 is 0 Å². The van der Waals surface area contributed by atoms with Gasteiger partial charge in [-0.2, -0.15) is 0 Å². The average molecular weight is 191 g/mol. The smallest absolute Gasteiger partial charge is 0.0868 e. The molecule has 1 fully saturated rings. The first-order valence-corrected chi connectivity index (χ1v) is 4.78. The van der Waals surface area contributed by atoms with E-state index in [9.17, 15) is 0 Å². The Labute approximate surface area is 83.0 Å². The largest absolute Gasteiger partial charge is 0.411 e. The number of oxime groups is 1. The van der Waals surface area contributed by atoms with Gasteiger partial charge in [0, 0.05) is 0 Å². The van der Waals surface area contributed by atoms with Crippen LogP contribution in [0, 0.1) is 0 Å². The Balaban J connectivity index is 1.98. The third kappa shape index (κ3) is 2.33. The van der Waals surface area contributed by atoms with Crippen molar-refractivity contribution in [3.05, 3.63) is 35.9 Å².